The lowest BCUT2D eigenvalue weighted by Crippen LogP contribution is -2.26. The molecule has 7 nitrogen and oxygen atoms in total. The summed E-state index contributed by atoms with van der Waals surface area (Å²) in [5.41, 5.74) is 10.6. The van der Waals surface area contributed by atoms with Crippen LogP contribution >= 0.6 is 24.4 Å². The van der Waals surface area contributed by atoms with E-state index in [9.17, 15) is 14.4 Å². The molecule has 0 unspecified atom stereocenters. The smallest absolute Gasteiger partial charge is 0.230 e. The normalized spacial score (nSPS) is 9.76. The lowest BCUT2D eigenvalue weighted by Gasteiger charge is -2.03. The Hall–Kier alpha value is -0.770. The van der Waals surface area contributed by atoms with Crippen LogP contribution in [-0.2, 0) is 14.4 Å². The number of thioether (sulfide) groups is 1. The Morgan fingerprint density at radius 2 is 1.32 bits per heavy atom. The molecule has 0 aliphatic rings. The number of thiol groups is 1. The number of carbonyl (C=O) groups excluding carboxylic acids is 3. The highest BCUT2D eigenvalue weighted by molar-refractivity contribution is 8.14. The second-order valence-corrected chi connectivity index (χ2v) is 6.81. The third-order valence-corrected chi connectivity index (χ3v) is 4.06. The van der Waals surface area contributed by atoms with Gasteiger partial charge in [0, 0.05) is 20.0 Å². The maximum atomic E-state index is 11.1. The quantitative estimate of drug-likeness (QED) is 0.231. The van der Waals surface area contributed by atoms with Crippen LogP contribution in [0.5, 0.6) is 0 Å². The van der Waals surface area contributed by atoms with Crippen molar-refractivity contribution in [2.24, 2.45) is 11.5 Å². The van der Waals surface area contributed by atoms with Crippen LogP contribution in [0.2, 0.25) is 0 Å². The molecule has 0 aromatic heterocycles. The first-order valence-corrected chi connectivity index (χ1v) is 10.3. The highest BCUT2D eigenvalue weighted by Crippen LogP contribution is 1.99. The van der Waals surface area contributed by atoms with Crippen molar-refractivity contribution in [3.05, 3.63) is 0 Å². The average Bonchev–Trinajstić information content (AvgIpc) is 2.60. The van der Waals surface area contributed by atoms with Crippen LogP contribution in [-0.4, -0.2) is 54.6 Å². The van der Waals surface area contributed by atoms with Crippen molar-refractivity contribution in [1.82, 2.24) is 10.6 Å². The molecule has 0 aliphatic carbocycles. The first-order chi connectivity index (χ1) is 12.0. The molecule has 0 atom stereocenters. The Kier molecular flexibility index (Phi) is 22.5. The van der Waals surface area contributed by atoms with E-state index in [0.29, 0.717) is 13.1 Å². The third kappa shape index (κ3) is 25.6. The summed E-state index contributed by atoms with van der Waals surface area (Å²) in [6.45, 7) is 4.32. The van der Waals surface area contributed by atoms with Gasteiger partial charge < -0.3 is 22.1 Å². The van der Waals surface area contributed by atoms with Gasteiger partial charge in [0.15, 0.2) is 5.12 Å². The highest BCUT2D eigenvalue weighted by Gasteiger charge is 2.02. The van der Waals surface area contributed by atoms with Gasteiger partial charge in [-0.05, 0) is 38.8 Å². The predicted octanol–water partition coefficient (Wildman–Crippen LogP) is 0.673. The molecule has 148 valence electrons. The summed E-state index contributed by atoms with van der Waals surface area (Å²) < 4.78 is 0. The topological polar surface area (TPSA) is 127 Å². The maximum absolute atomic E-state index is 11.1. The summed E-state index contributed by atoms with van der Waals surface area (Å²) in [4.78, 5) is 32.2. The van der Waals surface area contributed by atoms with Crippen molar-refractivity contribution < 1.29 is 14.4 Å². The van der Waals surface area contributed by atoms with Gasteiger partial charge in [0.05, 0.1) is 11.5 Å². The van der Waals surface area contributed by atoms with Crippen LogP contribution in [0, 0.1) is 0 Å². The van der Waals surface area contributed by atoms with Gasteiger partial charge in [0.1, 0.15) is 0 Å². The van der Waals surface area contributed by atoms with Crippen LogP contribution in [0.25, 0.3) is 0 Å². The molecule has 9 heteroatoms. The molecule has 0 heterocycles. The fraction of sp³-hybridized carbons (Fsp3) is 0.812. The lowest BCUT2D eigenvalue weighted by atomic mass is 10.2. The molecule has 0 rings (SSSR count). The van der Waals surface area contributed by atoms with E-state index in [0.717, 1.165) is 63.4 Å². The molecule has 0 saturated carbocycles. The Bertz CT molecular complexity index is 358. The van der Waals surface area contributed by atoms with E-state index in [1.165, 1.54) is 6.92 Å². The lowest BCUT2D eigenvalue weighted by molar-refractivity contribution is -0.119. The number of unbranched alkanes of at least 4 members (excludes halogenated alkanes) is 4. The van der Waals surface area contributed by atoms with Crippen molar-refractivity contribution >= 4 is 41.3 Å². The van der Waals surface area contributed by atoms with E-state index in [4.69, 9.17) is 11.5 Å². The molecular weight excluding hydrogens is 360 g/mol. The van der Waals surface area contributed by atoms with E-state index < -0.39 is 0 Å². The van der Waals surface area contributed by atoms with Gasteiger partial charge in [-0.3, -0.25) is 14.4 Å². The zero-order chi connectivity index (χ0) is 19.3. The van der Waals surface area contributed by atoms with Gasteiger partial charge in [0.25, 0.3) is 0 Å². The third-order valence-electron chi connectivity index (χ3n) is 2.96. The molecule has 0 fully saturated rings. The molecule has 0 saturated heterocycles. The molecule has 0 radical (unpaired) electrons. The zero-order valence-corrected chi connectivity index (χ0v) is 16.9. The predicted molar refractivity (Wildman–Crippen MR) is 109 cm³/mol. The maximum Gasteiger partial charge on any atom is 0.230 e. The minimum absolute atomic E-state index is 0.00100. The Morgan fingerprint density at radius 3 is 1.72 bits per heavy atom. The second-order valence-electron chi connectivity index (χ2n) is 5.34. The summed E-state index contributed by atoms with van der Waals surface area (Å²) >= 11 is 4.86. The minimum Gasteiger partial charge on any atom is -0.355 e. The van der Waals surface area contributed by atoms with Crippen LogP contribution in [0.3, 0.4) is 0 Å². The summed E-state index contributed by atoms with van der Waals surface area (Å²) in [6, 6.07) is 0. The molecule has 25 heavy (non-hydrogen) atoms. The van der Waals surface area contributed by atoms with Crippen LogP contribution in [0.1, 0.15) is 45.4 Å². The summed E-state index contributed by atoms with van der Waals surface area (Å²) in [6.07, 6.45) is 6.12. The van der Waals surface area contributed by atoms with E-state index >= 15 is 0 Å². The van der Waals surface area contributed by atoms with Crippen molar-refractivity contribution in [2.75, 3.05) is 37.7 Å². The van der Waals surface area contributed by atoms with Crippen LogP contribution in [0.4, 0.5) is 0 Å². The summed E-state index contributed by atoms with van der Waals surface area (Å²) in [5, 5.41) is 5.45. The SMILES string of the molecule is CC(=O)SCC(=O)NCCCCCN.NCCCCCNC(=O)CS. The van der Waals surface area contributed by atoms with E-state index in [2.05, 4.69) is 23.3 Å². The molecule has 0 spiro atoms. The number of carbonyl (C=O) groups is 3. The first-order valence-electron chi connectivity index (χ1n) is 8.65. The van der Waals surface area contributed by atoms with Crippen molar-refractivity contribution in [3.63, 3.8) is 0 Å². The summed E-state index contributed by atoms with van der Waals surface area (Å²) in [5.74, 6) is 0.433. The number of hydrogen-bond acceptors (Lipinski definition) is 7. The monoisotopic (exact) mass is 394 g/mol. The Morgan fingerprint density at radius 1 is 0.840 bits per heavy atom. The van der Waals surface area contributed by atoms with Gasteiger partial charge in [-0.25, -0.2) is 0 Å². The zero-order valence-electron chi connectivity index (χ0n) is 15.2. The second kappa shape index (κ2) is 21.3. The highest BCUT2D eigenvalue weighted by atomic mass is 32.2. The largest absolute Gasteiger partial charge is 0.355 e. The molecule has 0 aliphatic heterocycles. The standard InChI is InChI=1S/C9H18N2O2S.C7H16N2OS/c1-8(12)14-7-9(13)11-6-4-2-3-5-10;8-4-2-1-3-5-9-7(10)6-11/h2-7,10H2,1H3,(H,11,13);11H,1-6,8H2,(H,9,10). The van der Waals surface area contributed by atoms with E-state index in [1.54, 1.807) is 0 Å². The van der Waals surface area contributed by atoms with Crippen molar-refractivity contribution in [2.45, 2.75) is 45.4 Å². The van der Waals surface area contributed by atoms with Gasteiger partial charge in [-0.2, -0.15) is 12.6 Å². The number of hydrogen-bond donors (Lipinski definition) is 5. The minimum atomic E-state index is -0.0713. The summed E-state index contributed by atoms with van der Waals surface area (Å²) in [7, 11) is 0. The number of rotatable bonds is 13. The number of nitrogens with two attached hydrogens (primary N) is 2. The van der Waals surface area contributed by atoms with E-state index in [1.807, 2.05) is 0 Å². The molecule has 2 amide bonds. The fourth-order valence-electron chi connectivity index (χ4n) is 1.62. The molecule has 0 aromatic rings. The Labute approximate surface area is 161 Å². The average molecular weight is 395 g/mol. The van der Waals surface area contributed by atoms with Crippen LogP contribution in [0.15, 0.2) is 0 Å². The first kappa shape index (κ1) is 26.5. The van der Waals surface area contributed by atoms with Gasteiger partial charge in [-0.15, -0.1) is 0 Å². The number of amides is 2. The molecular formula is C16H34N4O3S2. The van der Waals surface area contributed by atoms with Crippen LogP contribution < -0.4 is 22.1 Å². The van der Waals surface area contributed by atoms with Gasteiger partial charge in [0.2, 0.25) is 11.8 Å². The van der Waals surface area contributed by atoms with E-state index in [-0.39, 0.29) is 28.4 Å². The van der Waals surface area contributed by atoms with Gasteiger partial charge in [-0.1, -0.05) is 24.6 Å². The van der Waals surface area contributed by atoms with Crippen molar-refractivity contribution in [1.29, 1.82) is 0 Å². The van der Waals surface area contributed by atoms with Gasteiger partial charge >= 0.3 is 0 Å². The molecule has 6 N–H and O–H groups in total. The van der Waals surface area contributed by atoms with Crippen molar-refractivity contribution in [3.8, 4) is 0 Å². The number of nitrogens with one attached hydrogen (secondary N) is 2. The molecule has 0 aromatic carbocycles. The Balaban J connectivity index is 0. The fourth-order valence-corrected chi connectivity index (χ4v) is 2.17. The molecule has 0 bridgehead atoms.